The minimum atomic E-state index is -0.847. The molecule has 50 heavy (non-hydrogen) atoms. The zero-order chi connectivity index (χ0) is 35.7. The smallest absolute Gasteiger partial charge is 0.323 e. The van der Waals surface area contributed by atoms with Crippen molar-refractivity contribution >= 4 is 17.8 Å². The highest BCUT2D eigenvalue weighted by molar-refractivity contribution is 5.77. The number of aliphatic hydroxyl groups is 1. The fourth-order valence-corrected chi connectivity index (χ4v) is 6.52. The molecule has 1 amide bonds. The van der Waals surface area contributed by atoms with Gasteiger partial charge in [-0.1, -0.05) is 66.7 Å². The number of rotatable bonds is 14. The topological polar surface area (TPSA) is 135 Å². The number of carbonyl (C=O) groups excluding carboxylic acids is 2. The van der Waals surface area contributed by atoms with E-state index in [0.29, 0.717) is 38.8 Å². The van der Waals surface area contributed by atoms with Gasteiger partial charge in [0, 0.05) is 37.9 Å². The molecule has 2 aliphatic heterocycles. The summed E-state index contributed by atoms with van der Waals surface area (Å²) in [6.07, 6.45) is 2.66. The van der Waals surface area contributed by atoms with Gasteiger partial charge in [-0.2, -0.15) is 0 Å². The lowest BCUT2D eigenvalue weighted by Crippen LogP contribution is -2.45. The molecule has 0 spiro atoms. The molecule has 4 unspecified atom stereocenters. The van der Waals surface area contributed by atoms with E-state index >= 15 is 0 Å². The Bertz CT molecular complexity index is 1580. The molecule has 10 heteroatoms. The van der Waals surface area contributed by atoms with Crippen LogP contribution in [0.3, 0.4) is 0 Å². The molecular formula is C40H50N2O8. The summed E-state index contributed by atoms with van der Waals surface area (Å²) >= 11 is 0. The number of unbranched alkanes of at least 4 members (excludes halogenated alkanes) is 1. The molecule has 0 aliphatic carbocycles. The van der Waals surface area contributed by atoms with Gasteiger partial charge in [0.05, 0.1) is 18.8 Å². The first-order valence-electron chi connectivity index (χ1n) is 17.6. The van der Waals surface area contributed by atoms with Gasteiger partial charge in [-0.05, 0) is 86.9 Å². The summed E-state index contributed by atoms with van der Waals surface area (Å²) in [6, 6.07) is 23.6. The first kappa shape index (κ1) is 37.2. The fraction of sp³-hybridized carbons (Fsp3) is 0.475. The summed E-state index contributed by atoms with van der Waals surface area (Å²) in [4.78, 5) is 38.2. The molecule has 10 nitrogen and oxygen atoms in total. The van der Waals surface area contributed by atoms with E-state index in [-0.39, 0.29) is 43.2 Å². The zero-order valence-electron chi connectivity index (χ0n) is 29.3. The molecule has 3 aromatic rings. The van der Waals surface area contributed by atoms with Crippen LogP contribution in [-0.4, -0.2) is 63.8 Å². The molecule has 0 aromatic heterocycles. The number of carbonyl (C=O) groups is 3. The van der Waals surface area contributed by atoms with Crippen molar-refractivity contribution in [3.05, 3.63) is 95.1 Å². The Morgan fingerprint density at radius 3 is 2.32 bits per heavy atom. The minimum absolute atomic E-state index is 0.0265. The summed E-state index contributed by atoms with van der Waals surface area (Å²) in [7, 11) is 0. The number of hydrogen-bond donors (Lipinski definition) is 3. The average Bonchev–Trinajstić information content (AvgIpc) is 3.57. The van der Waals surface area contributed by atoms with Crippen LogP contribution in [0.4, 0.5) is 0 Å². The monoisotopic (exact) mass is 686 g/mol. The van der Waals surface area contributed by atoms with Gasteiger partial charge >= 0.3 is 11.9 Å². The third-order valence-corrected chi connectivity index (χ3v) is 9.07. The Hall–Kier alpha value is -4.09. The van der Waals surface area contributed by atoms with Gasteiger partial charge in [-0.25, -0.2) is 0 Å². The second-order valence-corrected chi connectivity index (χ2v) is 14.2. The van der Waals surface area contributed by atoms with Crippen LogP contribution in [0.25, 0.3) is 11.1 Å². The number of carboxylic acid groups (broad SMARTS) is 1. The Morgan fingerprint density at radius 2 is 1.62 bits per heavy atom. The molecule has 268 valence electrons. The van der Waals surface area contributed by atoms with Gasteiger partial charge < -0.3 is 29.7 Å². The number of aliphatic hydroxyl groups excluding tert-OH is 1. The number of aliphatic carboxylic acids is 1. The van der Waals surface area contributed by atoms with Crippen LogP contribution in [0.2, 0.25) is 0 Å². The predicted octanol–water partition coefficient (Wildman–Crippen LogP) is 6.46. The molecule has 3 N–H and O–H groups in total. The Balaban J connectivity index is 1.27. The molecule has 2 saturated heterocycles. The maximum atomic E-state index is 13.1. The lowest BCUT2D eigenvalue weighted by atomic mass is 9.98. The van der Waals surface area contributed by atoms with Crippen molar-refractivity contribution in [2.24, 2.45) is 0 Å². The highest BCUT2D eigenvalue weighted by Gasteiger charge is 2.39. The summed E-state index contributed by atoms with van der Waals surface area (Å²) < 4.78 is 18.9. The van der Waals surface area contributed by atoms with Crippen molar-refractivity contribution in [2.45, 2.75) is 109 Å². The lowest BCUT2D eigenvalue weighted by molar-refractivity contribution is -0.253. The third kappa shape index (κ3) is 10.7. The van der Waals surface area contributed by atoms with Gasteiger partial charge in [0.25, 0.3) is 0 Å². The van der Waals surface area contributed by atoms with Crippen molar-refractivity contribution in [3.63, 3.8) is 0 Å². The van der Waals surface area contributed by atoms with Crippen LogP contribution in [-0.2, 0) is 41.7 Å². The summed E-state index contributed by atoms with van der Waals surface area (Å²) in [5.74, 6) is -1.13. The van der Waals surface area contributed by atoms with Crippen molar-refractivity contribution in [2.75, 3.05) is 13.1 Å². The van der Waals surface area contributed by atoms with Gasteiger partial charge in [0.15, 0.2) is 6.29 Å². The SMILES string of the molecule is CC(C)(C)OC(=O)C1CCCN1CC1CC(c2ccc(CO)cc2)OC(c2ccc(-c3cccc(CNC(=O)CCCCC(=O)O)c3)cc2)O1. The summed E-state index contributed by atoms with van der Waals surface area (Å²) in [5.41, 5.74) is 5.16. The number of amides is 1. The van der Waals surface area contributed by atoms with E-state index in [2.05, 4.69) is 10.2 Å². The molecular weight excluding hydrogens is 636 g/mol. The van der Waals surface area contributed by atoms with Crippen LogP contribution < -0.4 is 5.32 Å². The molecule has 3 aromatic carbocycles. The average molecular weight is 687 g/mol. The Kier molecular flexibility index (Phi) is 12.8. The van der Waals surface area contributed by atoms with E-state index in [1.165, 1.54) is 0 Å². The van der Waals surface area contributed by atoms with E-state index in [4.69, 9.17) is 19.3 Å². The number of nitrogens with one attached hydrogen (secondary N) is 1. The van der Waals surface area contributed by atoms with Crippen LogP contribution in [0.1, 0.15) is 100 Å². The van der Waals surface area contributed by atoms with E-state index < -0.39 is 17.9 Å². The van der Waals surface area contributed by atoms with Crippen molar-refractivity contribution in [1.29, 1.82) is 0 Å². The van der Waals surface area contributed by atoms with E-state index in [0.717, 1.165) is 52.8 Å². The number of carboxylic acids is 1. The van der Waals surface area contributed by atoms with Gasteiger partial charge in [-0.3, -0.25) is 19.3 Å². The number of benzene rings is 3. The van der Waals surface area contributed by atoms with Gasteiger partial charge in [0.1, 0.15) is 11.6 Å². The molecule has 0 radical (unpaired) electrons. The zero-order valence-corrected chi connectivity index (χ0v) is 29.3. The highest BCUT2D eigenvalue weighted by Crippen LogP contribution is 2.39. The van der Waals surface area contributed by atoms with Gasteiger partial charge in [0.2, 0.25) is 5.91 Å². The largest absolute Gasteiger partial charge is 0.481 e. The lowest BCUT2D eigenvalue weighted by Gasteiger charge is -2.38. The quantitative estimate of drug-likeness (QED) is 0.129. The third-order valence-electron chi connectivity index (χ3n) is 9.07. The van der Waals surface area contributed by atoms with E-state index in [1.54, 1.807) is 0 Å². The van der Waals surface area contributed by atoms with Crippen molar-refractivity contribution in [3.8, 4) is 11.1 Å². The molecule has 5 rings (SSSR count). The summed E-state index contributed by atoms with van der Waals surface area (Å²) in [6.45, 7) is 7.42. The molecule has 2 aliphatic rings. The maximum absolute atomic E-state index is 13.1. The van der Waals surface area contributed by atoms with Crippen molar-refractivity contribution < 1.29 is 38.8 Å². The molecule has 0 saturated carbocycles. The number of ether oxygens (including phenoxy) is 3. The second kappa shape index (κ2) is 17.2. The first-order valence-corrected chi connectivity index (χ1v) is 17.6. The first-order chi connectivity index (χ1) is 24.0. The number of esters is 1. The number of nitrogens with zero attached hydrogens (tertiary/aromatic N) is 1. The molecule has 2 heterocycles. The molecule has 2 fully saturated rings. The normalized spacial score (nSPS) is 21.1. The second-order valence-electron chi connectivity index (χ2n) is 14.2. The standard InChI is InChI=1S/C40H50N2O8/c1-40(2,3)50-38(47)34-10-7-21-42(34)25-33-23-35(30-15-13-27(26-43)14-16-30)49-39(48-33)31-19-17-29(18-20-31)32-9-6-8-28(22-32)24-41-36(44)11-4-5-12-37(45)46/h6,8-9,13-20,22,33-35,39,43H,4-5,7,10-12,21,23-26H2,1-3H3,(H,41,44)(H,45,46). The van der Waals surface area contributed by atoms with Crippen LogP contribution in [0, 0.1) is 0 Å². The Morgan fingerprint density at radius 1 is 0.900 bits per heavy atom. The van der Waals surface area contributed by atoms with E-state index in [9.17, 15) is 19.5 Å². The minimum Gasteiger partial charge on any atom is -0.481 e. The van der Waals surface area contributed by atoms with Crippen molar-refractivity contribution in [1.82, 2.24) is 10.2 Å². The van der Waals surface area contributed by atoms with Crippen LogP contribution >= 0.6 is 0 Å². The molecule has 0 bridgehead atoms. The van der Waals surface area contributed by atoms with Gasteiger partial charge in [-0.15, -0.1) is 0 Å². The highest BCUT2D eigenvalue weighted by atomic mass is 16.7. The maximum Gasteiger partial charge on any atom is 0.323 e. The van der Waals surface area contributed by atoms with Crippen LogP contribution in [0.15, 0.2) is 72.8 Å². The Labute approximate surface area is 294 Å². The van der Waals surface area contributed by atoms with Crippen LogP contribution in [0.5, 0.6) is 0 Å². The molecule has 4 atom stereocenters. The fourth-order valence-electron chi connectivity index (χ4n) is 6.52. The number of hydrogen-bond acceptors (Lipinski definition) is 8. The number of likely N-dealkylation sites (tertiary alicyclic amines) is 1. The predicted molar refractivity (Wildman–Crippen MR) is 189 cm³/mol. The summed E-state index contributed by atoms with van der Waals surface area (Å²) in [5, 5.41) is 21.3. The van der Waals surface area contributed by atoms with E-state index in [1.807, 2.05) is 93.6 Å².